The number of aromatic nitrogens is 1. The van der Waals surface area contributed by atoms with E-state index in [1.54, 1.807) is 6.20 Å². The van der Waals surface area contributed by atoms with E-state index >= 15 is 0 Å². The minimum atomic E-state index is 0.579. The van der Waals surface area contributed by atoms with Gasteiger partial charge in [-0.2, -0.15) is 0 Å². The summed E-state index contributed by atoms with van der Waals surface area (Å²) in [5.74, 6) is 1.66. The number of rotatable bonds is 2. The molecule has 1 aliphatic carbocycles. The van der Waals surface area contributed by atoms with E-state index in [4.69, 9.17) is 5.73 Å². The topological polar surface area (TPSA) is 50.9 Å². The molecule has 0 aromatic carbocycles. The zero-order chi connectivity index (χ0) is 11.5. The third-order valence-corrected chi connectivity index (χ3v) is 3.73. The van der Waals surface area contributed by atoms with Gasteiger partial charge in [0.1, 0.15) is 0 Å². The molecule has 0 aliphatic heterocycles. The molecule has 3 unspecified atom stereocenters. The number of nitrogens with two attached hydrogens (primary N) is 1. The molecule has 1 heterocycles. The van der Waals surface area contributed by atoms with E-state index in [1.165, 1.54) is 19.3 Å². The van der Waals surface area contributed by atoms with Gasteiger partial charge in [-0.1, -0.05) is 13.8 Å². The first kappa shape index (κ1) is 11.2. The Morgan fingerprint density at radius 2 is 2.06 bits per heavy atom. The second-order valence-corrected chi connectivity index (χ2v) is 5.12. The van der Waals surface area contributed by atoms with Crippen LogP contribution in [0.5, 0.6) is 0 Å². The summed E-state index contributed by atoms with van der Waals surface area (Å²) >= 11 is 0. The van der Waals surface area contributed by atoms with Crippen molar-refractivity contribution in [1.82, 2.24) is 4.98 Å². The van der Waals surface area contributed by atoms with Gasteiger partial charge >= 0.3 is 0 Å². The molecule has 3 nitrogen and oxygen atoms in total. The Morgan fingerprint density at radius 3 is 2.75 bits per heavy atom. The molecule has 1 aromatic heterocycles. The van der Waals surface area contributed by atoms with E-state index in [-0.39, 0.29) is 0 Å². The number of pyridine rings is 1. The number of hydrogen-bond acceptors (Lipinski definition) is 3. The molecular formula is C13H21N3. The van der Waals surface area contributed by atoms with Gasteiger partial charge in [0.05, 0.1) is 17.6 Å². The smallest absolute Gasteiger partial charge is 0.0549 e. The number of nitrogens with one attached hydrogen (secondary N) is 1. The highest BCUT2D eigenvalue weighted by Gasteiger charge is 2.24. The lowest BCUT2D eigenvalue weighted by atomic mass is 9.79. The summed E-state index contributed by atoms with van der Waals surface area (Å²) in [5.41, 5.74) is 7.48. The van der Waals surface area contributed by atoms with Gasteiger partial charge in [-0.15, -0.1) is 0 Å². The third-order valence-electron chi connectivity index (χ3n) is 3.73. The average molecular weight is 219 g/mol. The minimum Gasteiger partial charge on any atom is -0.397 e. The van der Waals surface area contributed by atoms with Gasteiger partial charge in [0.15, 0.2) is 0 Å². The minimum absolute atomic E-state index is 0.579. The van der Waals surface area contributed by atoms with Crippen LogP contribution in [-0.4, -0.2) is 11.0 Å². The van der Waals surface area contributed by atoms with E-state index in [2.05, 4.69) is 24.1 Å². The first-order valence-electron chi connectivity index (χ1n) is 6.12. The quantitative estimate of drug-likeness (QED) is 0.804. The number of anilines is 2. The molecule has 3 atom stereocenters. The lowest BCUT2D eigenvalue weighted by Gasteiger charge is -2.33. The van der Waals surface area contributed by atoms with E-state index in [0.29, 0.717) is 6.04 Å². The highest BCUT2D eigenvalue weighted by Crippen LogP contribution is 2.31. The van der Waals surface area contributed by atoms with Crippen LogP contribution >= 0.6 is 0 Å². The van der Waals surface area contributed by atoms with Crippen molar-refractivity contribution in [2.24, 2.45) is 11.8 Å². The van der Waals surface area contributed by atoms with Gasteiger partial charge in [-0.05, 0) is 37.2 Å². The Bertz CT molecular complexity index is 351. The van der Waals surface area contributed by atoms with Crippen molar-refractivity contribution in [2.75, 3.05) is 11.1 Å². The molecule has 1 aliphatic rings. The van der Waals surface area contributed by atoms with Crippen LogP contribution in [0.1, 0.15) is 33.1 Å². The summed E-state index contributed by atoms with van der Waals surface area (Å²) in [6.45, 7) is 4.69. The lowest BCUT2D eigenvalue weighted by Crippen LogP contribution is -2.30. The average Bonchev–Trinajstić information content (AvgIpc) is 2.24. The fourth-order valence-corrected chi connectivity index (χ4v) is 2.45. The van der Waals surface area contributed by atoms with Gasteiger partial charge in [0, 0.05) is 12.2 Å². The standard InChI is InChI=1S/C13H21N3/c1-9-3-4-12(5-10(9)2)16-13-6-11(14)7-15-8-13/h6-10,12,16H,3-5,14H2,1-2H3. The lowest BCUT2D eigenvalue weighted by molar-refractivity contribution is 0.261. The predicted octanol–water partition coefficient (Wildman–Crippen LogP) is 2.90. The molecule has 3 heteroatoms. The van der Waals surface area contributed by atoms with Crippen molar-refractivity contribution in [2.45, 2.75) is 39.2 Å². The monoisotopic (exact) mass is 219 g/mol. The summed E-state index contributed by atoms with van der Waals surface area (Å²) in [6, 6.07) is 2.53. The highest BCUT2D eigenvalue weighted by molar-refractivity contribution is 5.51. The van der Waals surface area contributed by atoms with Gasteiger partial charge < -0.3 is 11.1 Å². The van der Waals surface area contributed by atoms with Crippen molar-refractivity contribution >= 4 is 11.4 Å². The van der Waals surface area contributed by atoms with Crippen molar-refractivity contribution in [3.63, 3.8) is 0 Å². The van der Waals surface area contributed by atoms with Crippen molar-refractivity contribution < 1.29 is 0 Å². The molecule has 16 heavy (non-hydrogen) atoms. The highest BCUT2D eigenvalue weighted by atomic mass is 14.9. The van der Waals surface area contributed by atoms with E-state index in [9.17, 15) is 0 Å². The second kappa shape index (κ2) is 4.73. The van der Waals surface area contributed by atoms with E-state index < -0.39 is 0 Å². The van der Waals surface area contributed by atoms with Crippen molar-refractivity contribution in [1.29, 1.82) is 0 Å². The van der Waals surface area contributed by atoms with Crippen LogP contribution in [0.25, 0.3) is 0 Å². The number of nitrogens with zero attached hydrogens (tertiary/aromatic N) is 1. The molecule has 0 saturated heterocycles. The van der Waals surface area contributed by atoms with Crippen molar-refractivity contribution in [3.05, 3.63) is 18.5 Å². The number of hydrogen-bond donors (Lipinski definition) is 2. The predicted molar refractivity (Wildman–Crippen MR) is 68.2 cm³/mol. The Hall–Kier alpha value is -1.25. The maximum absolute atomic E-state index is 5.71. The van der Waals surface area contributed by atoms with Gasteiger partial charge in [0.25, 0.3) is 0 Å². The summed E-state index contributed by atoms with van der Waals surface area (Å²) < 4.78 is 0. The largest absolute Gasteiger partial charge is 0.397 e. The molecule has 3 N–H and O–H groups in total. The van der Waals surface area contributed by atoms with Crippen LogP contribution in [0.2, 0.25) is 0 Å². The molecule has 0 spiro atoms. The number of nitrogen functional groups attached to an aromatic ring is 1. The normalized spacial score (nSPS) is 30.0. The van der Waals surface area contributed by atoms with Crippen molar-refractivity contribution in [3.8, 4) is 0 Å². The van der Waals surface area contributed by atoms with Crippen LogP contribution in [0.4, 0.5) is 11.4 Å². The maximum Gasteiger partial charge on any atom is 0.0549 e. The van der Waals surface area contributed by atoms with Crippen LogP contribution in [-0.2, 0) is 0 Å². The Labute approximate surface area is 97.5 Å². The Kier molecular flexibility index (Phi) is 3.32. The van der Waals surface area contributed by atoms with Gasteiger partial charge in [0.2, 0.25) is 0 Å². The fourth-order valence-electron chi connectivity index (χ4n) is 2.45. The molecule has 2 rings (SSSR count). The second-order valence-electron chi connectivity index (χ2n) is 5.12. The van der Waals surface area contributed by atoms with E-state index in [0.717, 1.165) is 23.2 Å². The zero-order valence-corrected chi connectivity index (χ0v) is 10.1. The third kappa shape index (κ3) is 2.65. The molecule has 1 fully saturated rings. The first-order chi connectivity index (χ1) is 7.65. The first-order valence-corrected chi connectivity index (χ1v) is 6.12. The molecule has 1 aromatic rings. The Morgan fingerprint density at radius 1 is 1.25 bits per heavy atom. The Balaban J connectivity index is 1.95. The van der Waals surface area contributed by atoms with Gasteiger partial charge in [-0.25, -0.2) is 0 Å². The molecular weight excluding hydrogens is 198 g/mol. The molecule has 88 valence electrons. The van der Waals surface area contributed by atoms with E-state index in [1.807, 2.05) is 12.3 Å². The van der Waals surface area contributed by atoms with Crippen LogP contribution < -0.4 is 11.1 Å². The molecule has 0 bridgehead atoms. The van der Waals surface area contributed by atoms with Crippen LogP contribution in [0.15, 0.2) is 18.5 Å². The fraction of sp³-hybridized carbons (Fsp3) is 0.615. The maximum atomic E-state index is 5.71. The molecule has 0 amide bonds. The SMILES string of the molecule is CC1CCC(Nc2cncc(N)c2)CC1C. The summed E-state index contributed by atoms with van der Waals surface area (Å²) in [7, 11) is 0. The zero-order valence-electron chi connectivity index (χ0n) is 10.1. The summed E-state index contributed by atoms with van der Waals surface area (Å²) in [6.07, 6.45) is 7.33. The summed E-state index contributed by atoms with van der Waals surface area (Å²) in [5, 5.41) is 3.53. The van der Waals surface area contributed by atoms with Gasteiger partial charge in [-0.3, -0.25) is 4.98 Å². The van der Waals surface area contributed by atoms with Crippen LogP contribution in [0.3, 0.4) is 0 Å². The molecule has 0 radical (unpaired) electrons. The van der Waals surface area contributed by atoms with Crippen LogP contribution in [0, 0.1) is 11.8 Å². The summed E-state index contributed by atoms with van der Waals surface area (Å²) in [4.78, 5) is 4.10. The molecule has 1 saturated carbocycles.